The summed E-state index contributed by atoms with van der Waals surface area (Å²) < 4.78 is 26.5. The number of halogens is 1. The van der Waals surface area contributed by atoms with E-state index in [9.17, 15) is 13.2 Å². The Morgan fingerprint density at radius 1 is 1.22 bits per heavy atom. The second-order valence-corrected chi connectivity index (χ2v) is 8.79. The first-order valence-corrected chi connectivity index (χ1v) is 9.99. The zero-order chi connectivity index (χ0) is 17.6. The highest BCUT2D eigenvalue weighted by Crippen LogP contribution is 2.21. The fourth-order valence-corrected chi connectivity index (χ4v) is 3.35. The van der Waals surface area contributed by atoms with Gasteiger partial charge >= 0.3 is 0 Å². The second-order valence-electron chi connectivity index (χ2n) is 6.05. The van der Waals surface area contributed by atoms with Crippen molar-refractivity contribution in [2.24, 2.45) is 5.92 Å². The van der Waals surface area contributed by atoms with Gasteiger partial charge in [0.2, 0.25) is 10.0 Å². The van der Waals surface area contributed by atoms with E-state index >= 15 is 0 Å². The largest absolute Gasteiger partial charge is 0.350 e. The molecule has 130 valence electrons. The molecule has 1 atom stereocenters. The highest BCUT2D eigenvalue weighted by atomic mass is 79.9. The summed E-state index contributed by atoms with van der Waals surface area (Å²) in [6, 6.07) is 4.45. The lowest BCUT2D eigenvalue weighted by Gasteiger charge is -2.15. The number of nitrogens with one attached hydrogen (secondary N) is 2. The van der Waals surface area contributed by atoms with Crippen LogP contribution < -0.4 is 10.0 Å². The van der Waals surface area contributed by atoms with E-state index in [4.69, 9.17) is 0 Å². The predicted molar refractivity (Wildman–Crippen MR) is 96.0 cm³/mol. The Morgan fingerprint density at radius 2 is 1.87 bits per heavy atom. The van der Waals surface area contributed by atoms with E-state index in [0.29, 0.717) is 16.0 Å². The molecular weight excluding hydrogens is 380 g/mol. The molecule has 0 aliphatic heterocycles. The Balaban J connectivity index is 2.81. The number of benzene rings is 1. The number of hydrogen-bond donors (Lipinski definition) is 2. The van der Waals surface area contributed by atoms with Crippen LogP contribution in [0.3, 0.4) is 0 Å². The van der Waals surface area contributed by atoms with Crippen molar-refractivity contribution in [3.63, 3.8) is 0 Å². The molecule has 0 aromatic heterocycles. The van der Waals surface area contributed by atoms with Gasteiger partial charge in [0.1, 0.15) is 0 Å². The lowest BCUT2D eigenvalue weighted by molar-refractivity contribution is 0.0937. The molecule has 0 radical (unpaired) electrons. The number of sulfonamides is 1. The van der Waals surface area contributed by atoms with Crippen molar-refractivity contribution in [1.29, 1.82) is 0 Å². The summed E-state index contributed by atoms with van der Waals surface area (Å²) in [4.78, 5) is 12.5. The smallest absolute Gasteiger partial charge is 0.252 e. The maximum Gasteiger partial charge on any atom is 0.252 e. The van der Waals surface area contributed by atoms with Crippen LogP contribution in [0, 0.1) is 5.92 Å². The molecule has 1 rings (SSSR count). The van der Waals surface area contributed by atoms with Crippen molar-refractivity contribution < 1.29 is 13.2 Å². The topological polar surface area (TPSA) is 75.3 Å². The normalized spacial score (nSPS) is 13.1. The summed E-state index contributed by atoms with van der Waals surface area (Å²) >= 11 is 3.31. The molecule has 23 heavy (non-hydrogen) atoms. The van der Waals surface area contributed by atoms with Gasteiger partial charge in [0.25, 0.3) is 5.91 Å². The highest BCUT2D eigenvalue weighted by molar-refractivity contribution is 9.10. The van der Waals surface area contributed by atoms with Crippen molar-refractivity contribution in [3.8, 4) is 0 Å². The quantitative estimate of drug-likeness (QED) is 0.697. The third-order valence-electron chi connectivity index (χ3n) is 3.56. The van der Waals surface area contributed by atoms with Gasteiger partial charge in [-0.25, -0.2) is 13.1 Å². The van der Waals surface area contributed by atoms with Gasteiger partial charge in [-0.2, -0.15) is 0 Å². The van der Waals surface area contributed by atoms with Crippen molar-refractivity contribution in [2.45, 2.75) is 51.0 Å². The van der Waals surface area contributed by atoms with E-state index in [1.807, 2.05) is 6.92 Å². The summed E-state index contributed by atoms with van der Waals surface area (Å²) in [7, 11) is -2.23. The molecule has 0 heterocycles. The van der Waals surface area contributed by atoms with Gasteiger partial charge in [-0.05, 0) is 60.4 Å². The molecule has 1 amide bonds. The summed E-state index contributed by atoms with van der Waals surface area (Å²) in [5.41, 5.74) is 0.317. The number of rotatable bonds is 8. The zero-order valence-electron chi connectivity index (χ0n) is 14.0. The van der Waals surface area contributed by atoms with Crippen molar-refractivity contribution >= 4 is 31.9 Å². The van der Waals surface area contributed by atoms with Gasteiger partial charge < -0.3 is 5.32 Å². The summed E-state index contributed by atoms with van der Waals surface area (Å²) in [6.45, 7) is 6.31. The van der Waals surface area contributed by atoms with Gasteiger partial charge in [0.05, 0.1) is 10.5 Å². The zero-order valence-corrected chi connectivity index (χ0v) is 16.4. The minimum atomic E-state index is -3.57. The van der Waals surface area contributed by atoms with Crippen molar-refractivity contribution in [2.75, 3.05) is 7.05 Å². The van der Waals surface area contributed by atoms with Crippen LogP contribution in [0.15, 0.2) is 27.6 Å². The van der Waals surface area contributed by atoms with Crippen LogP contribution in [0.2, 0.25) is 0 Å². The van der Waals surface area contributed by atoms with Gasteiger partial charge in [0.15, 0.2) is 0 Å². The Morgan fingerprint density at radius 3 is 2.43 bits per heavy atom. The molecule has 0 aliphatic carbocycles. The minimum Gasteiger partial charge on any atom is -0.350 e. The summed E-state index contributed by atoms with van der Waals surface area (Å²) in [5.74, 6) is 0.373. The summed E-state index contributed by atoms with van der Waals surface area (Å²) in [5, 5.41) is 2.92. The molecule has 1 aromatic rings. The number of carbonyl (C=O) groups excluding carboxylic acids is 1. The van der Waals surface area contributed by atoms with Crippen LogP contribution >= 0.6 is 15.9 Å². The number of amides is 1. The van der Waals surface area contributed by atoms with Crippen LogP contribution in [0.25, 0.3) is 0 Å². The summed E-state index contributed by atoms with van der Waals surface area (Å²) in [6.07, 6.45) is 3.07. The Bertz CT molecular complexity index is 645. The lowest BCUT2D eigenvalue weighted by Crippen LogP contribution is -2.33. The number of hydrogen-bond acceptors (Lipinski definition) is 3. The van der Waals surface area contributed by atoms with Crippen LogP contribution in [-0.4, -0.2) is 27.4 Å². The second kappa shape index (κ2) is 8.80. The molecule has 0 saturated heterocycles. The molecule has 0 bridgehead atoms. The average molecular weight is 405 g/mol. The van der Waals surface area contributed by atoms with Crippen LogP contribution in [-0.2, 0) is 10.0 Å². The minimum absolute atomic E-state index is 0.0395. The third kappa shape index (κ3) is 6.24. The molecule has 0 fully saturated rings. The Kier molecular flexibility index (Phi) is 7.70. The first-order chi connectivity index (χ1) is 10.7. The van der Waals surface area contributed by atoms with Gasteiger partial charge in [-0.3, -0.25) is 4.79 Å². The molecular formula is C16H25BrN2O3S. The van der Waals surface area contributed by atoms with Crippen LogP contribution in [0.4, 0.5) is 0 Å². The highest BCUT2D eigenvalue weighted by Gasteiger charge is 2.18. The Hall–Kier alpha value is -0.920. The average Bonchev–Trinajstić information content (AvgIpc) is 2.46. The van der Waals surface area contributed by atoms with Gasteiger partial charge in [-0.15, -0.1) is 0 Å². The Labute approximate surface area is 147 Å². The fraction of sp³-hybridized carbons (Fsp3) is 0.562. The van der Waals surface area contributed by atoms with E-state index in [-0.39, 0.29) is 16.8 Å². The molecule has 1 aromatic carbocycles. The molecule has 0 spiro atoms. The first-order valence-electron chi connectivity index (χ1n) is 7.71. The molecule has 2 N–H and O–H groups in total. The van der Waals surface area contributed by atoms with Gasteiger partial charge in [-0.1, -0.05) is 26.7 Å². The molecule has 0 saturated carbocycles. The first kappa shape index (κ1) is 20.1. The maximum absolute atomic E-state index is 12.4. The number of carbonyl (C=O) groups is 1. The predicted octanol–water partition coefficient (Wildman–Crippen LogP) is 3.30. The van der Waals surface area contributed by atoms with E-state index in [1.165, 1.54) is 19.2 Å². The van der Waals surface area contributed by atoms with E-state index in [0.717, 1.165) is 19.3 Å². The van der Waals surface area contributed by atoms with Crippen molar-refractivity contribution in [3.05, 3.63) is 28.2 Å². The molecule has 7 heteroatoms. The molecule has 5 nitrogen and oxygen atoms in total. The maximum atomic E-state index is 12.4. The molecule has 1 unspecified atom stereocenters. The lowest BCUT2D eigenvalue weighted by atomic mass is 10.0. The molecule has 0 aliphatic rings. The van der Waals surface area contributed by atoms with E-state index < -0.39 is 10.0 Å². The van der Waals surface area contributed by atoms with Gasteiger partial charge in [0, 0.05) is 10.5 Å². The van der Waals surface area contributed by atoms with Crippen LogP contribution in [0.1, 0.15) is 50.4 Å². The monoisotopic (exact) mass is 404 g/mol. The van der Waals surface area contributed by atoms with E-state index in [1.54, 1.807) is 6.07 Å². The third-order valence-corrected chi connectivity index (χ3v) is 5.66. The van der Waals surface area contributed by atoms with Crippen LogP contribution in [0.5, 0.6) is 0 Å². The SMILES string of the molecule is CNS(=O)(=O)c1ccc(Br)c(C(=O)NC(C)CCCC(C)C)c1. The fourth-order valence-electron chi connectivity index (χ4n) is 2.17. The standard InChI is InChI=1S/C16H25BrN2O3S/c1-11(2)6-5-7-12(3)19-16(20)14-10-13(8-9-15(14)17)23(21,22)18-4/h8-12,18H,5-7H2,1-4H3,(H,19,20). The van der Waals surface area contributed by atoms with E-state index in [2.05, 4.69) is 39.8 Å². The van der Waals surface area contributed by atoms with Crippen molar-refractivity contribution in [1.82, 2.24) is 10.0 Å².